The van der Waals surface area contributed by atoms with Crippen LogP contribution in [0.15, 0.2) is 47.6 Å². The first kappa shape index (κ1) is 17.4. The van der Waals surface area contributed by atoms with Gasteiger partial charge in [0.05, 0.1) is 22.8 Å². The van der Waals surface area contributed by atoms with Gasteiger partial charge in [0.2, 0.25) is 0 Å². The maximum Gasteiger partial charge on any atom is 0.138 e. The summed E-state index contributed by atoms with van der Waals surface area (Å²) in [5, 5.41) is 0. The predicted octanol–water partition coefficient (Wildman–Crippen LogP) is 5.45. The second-order valence-corrected chi connectivity index (χ2v) is 8.07. The van der Waals surface area contributed by atoms with Gasteiger partial charge in [-0.1, -0.05) is 31.0 Å². The lowest BCUT2D eigenvalue weighted by atomic mass is 10.0. The summed E-state index contributed by atoms with van der Waals surface area (Å²) in [7, 11) is 0. The molecule has 28 heavy (non-hydrogen) atoms. The van der Waals surface area contributed by atoms with E-state index >= 15 is 0 Å². The maximum atomic E-state index is 5.26. The molecule has 0 unspecified atom stereocenters. The van der Waals surface area contributed by atoms with Crippen molar-refractivity contribution in [2.45, 2.75) is 58.4 Å². The minimum absolute atomic E-state index is 0.0564. The average Bonchev–Trinajstić information content (AvgIpc) is 3.49. The minimum atomic E-state index is 0.0564. The molecule has 4 nitrogen and oxygen atoms in total. The Hall–Kier alpha value is -2.75. The highest BCUT2D eigenvalue weighted by Gasteiger charge is 2.35. The monoisotopic (exact) mass is 370 g/mol. The van der Waals surface area contributed by atoms with Crippen LogP contribution in [0.2, 0.25) is 0 Å². The second-order valence-electron chi connectivity index (χ2n) is 8.07. The van der Waals surface area contributed by atoms with Crippen LogP contribution in [0.4, 0.5) is 0 Å². The van der Waals surface area contributed by atoms with E-state index in [1.54, 1.807) is 0 Å². The maximum absolute atomic E-state index is 5.26. The Balaban J connectivity index is 1.82. The van der Waals surface area contributed by atoms with Crippen molar-refractivity contribution >= 4 is 5.71 Å². The van der Waals surface area contributed by atoms with E-state index in [1.807, 2.05) is 18.3 Å². The number of rotatable bonds is 4. The van der Waals surface area contributed by atoms with Crippen LogP contribution in [0.1, 0.15) is 78.6 Å². The van der Waals surface area contributed by atoms with Gasteiger partial charge in [0.1, 0.15) is 11.9 Å². The van der Waals surface area contributed by atoms with Crippen molar-refractivity contribution in [2.24, 2.45) is 4.99 Å². The molecular weight excluding hydrogens is 344 g/mol. The summed E-state index contributed by atoms with van der Waals surface area (Å²) in [5.41, 5.74) is 8.08. The SMILES string of the molecule is CCC[C@@H]1N=C(c2ccccn2)c2cc(C)ccc2-n2c1nc(C)c2C1CC1. The highest BCUT2D eigenvalue weighted by molar-refractivity contribution is 6.14. The van der Waals surface area contributed by atoms with Crippen molar-refractivity contribution in [1.29, 1.82) is 0 Å². The molecule has 3 heterocycles. The number of imidazole rings is 1. The highest BCUT2D eigenvalue weighted by atomic mass is 15.1. The third kappa shape index (κ3) is 2.79. The number of hydrogen-bond donors (Lipinski definition) is 0. The number of pyridine rings is 1. The number of aromatic nitrogens is 3. The molecule has 1 aliphatic carbocycles. The Kier molecular flexibility index (Phi) is 4.15. The molecule has 0 radical (unpaired) electrons. The minimum Gasteiger partial charge on any atom is -0.298 e. The molecule has 142 valence electrons. The average molecular weight is 371 g/mol. The molecule has 0 spiro atoms. The van der Waals surface area contributed by atoms with Crippen LogP contribution in [0.5, 0.6) is 0 Å². The lowest BCUT2D eigenvalue weighted by molar-refractivity contribution is 0.596. The van der Waals surface area contributed by atoms with Crippen molar-refractivity contribution in [1.82, 2.24) is 14.5 Å². The Morgan fingerprint density at radius 2 is 1.96 bits per heavy atom. The number of benzene rings is 1. The van der Waals surface area contributed by atoms with E-state index in [1.165, 1.54) is 35.5 Å². The van der Waals surface area contributed by atoms with Gasteiger partial charge in [-0.2, -0.15) is 0 Å². The van der Waals surface area contributed by atoms with Gasteiger partial charge in [0.25, 0.3) is 0 Å². The van der Waals surface area contributed by atoms with Gasteiger partial charge in [-0.15, -0.1) is 0 Å². The van der Waals surface area contributed by atoms with Crippen LogP contribution in [-0.4, -0.2) is 20.2 Å². The molecule has 0 bridgehead atoms. The molecule has 0 N–H and O–H groups in total. The first-order chi connectivity index (χ1) is 13.7. The van der Waals surface area contributed by atoms with Crippen LogP contribution in [0.25, 0.3) is 5.69 Å². The van der Waals surface area contributed by atoms with E-state index in [4.69, 9.17) is 9.98 Å². The predicted molar refractivity (Wildman–Crippen MR) is 113 cm³/mol. The second kappa shape index (κ2) is 6.69. The zero-order valence-electron chi connectivity index (χ0n) is 16.8. The number of nitrogens with zero attached hydrogens (tertiary/aromatic N) is 4. The molecule has 1 saturated carbocycles. The van der Waals surface area contributed by atoms with Gasteiger partial charge in [-0.05, 0) is 57.4 Å². The molecule has 0 saturated heterocycles. The van der Waals surface area contributed by atoms with E-state index in [9.17, 15) is 0 Å². The van der Waals surface area contributed by atoms with E-state index < -0.39 is 0 Å². The van der Waals surface area contributed by atoms with Crippen molar-refractivity contribution < 1.29 is 0 Å². The van der Waals surface area contributed by atoms with Crippen LogP contribution in [0.3, 0.4) is 0 Å². The van der Waals surface area contributed by atoms with Crippen LogP contribution >= 0.6 is 0 Å². The molecule has 2 aromatic heterocycles. The van der Waals surface area contributed by atoms with Crippen LogP contribution < -0.4 is 0 Å². The van der Waals surface area contributed by atoms with Gasteiger partial charge < -0.3 is 0 Å². The third-order valence-electron chi connectivity index (χ3n) is 5.79. The summed E-state index contributed by atoms with van der Waals surface area (Å²) in [6, 6.07) is 12.8. The zero-order valence-corrected chi connectivity index (χ0v) is 16.8. The molecule has 3 aromatic rings. The molecular formula is C24H26N4. The molecule has 1 aliphatic heterocycles. The molecule has 1 aromatic carbocycles. The van der Waals surface area contributed by atoms with Crippen molar-refractivity contribution in [3.05, 3.63) is 76.6 Å². The van der Waals surface area contributed by atoms with Gasteiger partial charge in [0, 0.05) is 23.4 Å². The molecule has 0 amide bonds. The van der Waals surface area contributed by atoms with Gasteiger partial charge in [-0.3, -0.25) is 14.5 Å². The Labute approximate surface area is 166 Å². The normalized spacial score (nSPS) is 18.2. The summed E-state index contributed by atoms with van der Waals surface area (Å²) in [5.74, 6) is 1.73. The molecule has 1 atom stereocenters. The number of aryl methyl sites for hydroxylation is 2. The van der Waals surface area contributed by atoms with Gasteiger partial charge in [0.15, 0.2) is 0 Å². The smallest absolute Gasteiger partial charge is 0.138 e. The summed E-state index contributed by atoms with van der Waals surface area (Å²) >= 11 is 0. The first-order valence-corrected chi connectivity index (χ1v) is 10.4. The molecule has 1 fully saturated rings. The first-order valence-electron chi connectivity index (χ1n) is 10.4. The topological polar surface area (TPSA) is 43.1 Å². The Morgan fingerprint density at radius 1 is 1.11 bits per heavy atom. The summed E-state index contributed by atoms with van der Waals surface area (Å²) < 4.78 is 2.43. The van der Waals surface area contributed by atoms with Crippen molar-refractivity contribution in [3.8, 4) is 5.69 Å². The van der Waals surface area contributed by atoms with E-state index in [2.05, 4.69) is 54.6 Å². The van der Waals surface area contributed by atoms with Gasteiger partial charge >= 0.3 is 0 Å². The van der Waals surface area contributed by atoms with Crippen LogP contribution in [-0.2, 0) is 0 Å². The number of aliphatic imine (C=N–C) groups is 1. The lowest BCUT2D eigenvalue weighted by Crippen LogP contribution is -2.10. The van der Waals surface area contributed by atoms with E-state index in [0.29, 0.717) is 5.92 Å². The zero-order chi connectivity index (χ0) is 19.3. The molecule has 2 aliphatic rings. The lowest BCUT2D eigenvalue weighted by Gasteiger charge is -2.16. The Morgan fingerprint density at radius 3 is 2.68 bits per heavy atom. The molecule has 5 rings (SSSR count). The van der Waals surface area contributed by atoms with Crippen LogP contribution in [0, 0.1) is 13.8 Å². The van der Waals surface area contributed by atoms with Gasteiger partial charge in [-0.25, -0.2) is 4.98 Å². The van der Waals surface area contributed by atoms with E-state index in [0.717, 1.165) is 35.6 Å². The molecule has 4 heteroatoms. The number of hydrogen-bond acceptors (Lipinski definition) is 3. The summed E-state index contributed by atoms with van der Waals surface area (Å²) in [6.45, 7) is 6.53. The summed E-state index contributed by atoms with van der Waals surface area (Å²) in [4.78, 5) is 15.0. The third-order valence-corrected chi connectivity index (χ3v) is 5.79. The summed E-state index contributed by atoms with van der Waals surface area (Å²) in [6.07, 6.45) is 6.44. The van der Waals surface area contributed by atoms with Crippen molar-refractivity contribution in [3.63, 3.8) is 0 Å². The van der Waals surface area contributed by atoms with E-state index in [-0.39, 0.29) is 6.04 Å². The standard InChI is InChI=1S/C24H26N4/c1-4-7-20-24-26-16(3)23(17-10-11-17)28(24)21-12-9-15(2)14-18(21)22(27-20)19-8-5-6-13-25-19/h5-6,8-9,12-14,17,20H,4,7,10-11H2,1-3H3/t20-/m0/s1. The quantitative estimate of drug-likeness (QED) is 0.612. The fourth-order valence-corrected chi connectivity index (χ4v) is 4.37. The fourth-order valence-electron chi connectivity index (χ4n) is 4.37. The number of fused-ring (bicyclic) bond motifs is 3. The highest BCUT2D eigenvalue weighted by Crippen LogP contribution is 2.45. The largest absolute Gasteiger partial charge is 0.298 e. The van der Waals surface area contributed by atoms with Crippen molar-refractivity contribution in [2.75, 3.05) is 0 Å². The Bertz CT molecular complexity index is 1060. The fraction of sp³-hybridized carbons (Fsp3) is 0.375.